The largest absolute Gasteiger partial charge is 0.330 e. The fourth-order valence-electron chi connectivity index (χ4n) is 1.56. The summed E-state index contributed by atoms with van der Waals surface area (Å²) in [5, 5.41) is 0. The van der Waals surface area contributed by atoms with E-state index >= 15 is 0 Å². The maximum Gasteiger partial charge on any atom is 0.268 e. The lowest BCUT2D eigenvalue weighted by atomic mass is 9.92. The van der Waals surface area contributed by atoms with Crippen LogP contribution in [0.25, 0.3) is 0 Å². The van der Waals surface area contributed by atoms with Crippen molar-refractivity contribution in [3.8, 4) is 0 Å². The second kappa shape index (κ2) is 8.74. The van der Waals surface area contributed by atoms with Gasteiger partial charge >= 0.3 is 0 Å². The SMILES string of the molecule is C=[N+]=CCCC(CCN)C/C(C)=C/C. The van der Waals surface area contributed by atoms with Gasteiger partial charge in [0.1, 0.15) is 0 Å². The van der Waals surface area contributed by atoms with Crippen LogP contribution in [0.15, 0.2) is 11.6 Å². The predicted octanol–water partition coefficient (Wildman–Crippen LogP) is 1.93. The molecule has 0 saturated heterocycles. The summed E-state index contributed by atoms with van der Waals surface area (Å²) < 4.78 is 3.75. The average Bonchev–Trinajstić information content (AvgIpc) is 2.18. The van der Waals surface area contributed by atoms with Crippen LogP contribution in [0.2, 0.25) is 0 Å². The molecule has 1 atom stereocenters. The summed E-state index contributed by atoms with van der Waals surface area (Å²) in [5.74, 6) is 0.703. The molecule has 1 unspecified atom stereocenters. The van der Waals surface area contributed by atoms with Gasteiger partial charge in [0.2, 0.25) is 0 Å². The molecule has 0 amide bonds. The van der Waals surface area contributed by atoms with E-state index in [1.807, 2.05) is 6.21 Å². The first-order valence-corrected chi connectivity index (χ1v) is 5.34. The van der Waals surface area contributed by atoms with Crippen molar-refractivity contribution in [3.63, 3.8) is 0 Å². The van der Waals surface area contributed by atoms with Crippen molar-refractivity contribution in [2.24, 2.45) is 11.7 Å². The molecule has 2 nitrogen and oxygen atoms in total. The number of nitrogens with two attached hydrogens (primary N) is 1. The number of allylic oxidation sites excluding steroid dienone is 2. The van der Waals surface area contributed by atoms with E-state index in [1.54, 1.807) is 0 Å². The lowest BCUT2D eigenvalue weighted by Gasteiger charge is -2.14. The van der Waals surface area contributed by atoms with E-state index in [0.717, 1.165) is 19.4 Å². The topological polar surface area (TPSA) is 40.1 Å². The molecule has 0 saturated carbocycles. The summed E-state index contributed by atoms with van der Waals surface area (Å²) in [7, 11) is 0. The van der Waals surface area contributed by atoms with Crippen LogP contribution in [-0.2, 0) is 0 Å². The molecule has 0 fully saturated rings. The summed E-state index contributed by atoms with van der Waals surface area (Å²) in [6.45, 7) is 8.49. The Kier molecular flexibility index (Phi) is 8.20. The number of rotatable bonds is 7. The second-order valence-electron chi connectivity index (χ2n) is 3.73. The monoisotopic (exact) mass is 195 g/mol. The summed E-state index contributed by atoms with van der Waals surface area (Å²) in [5.41, 5.74) is 7.04. The molecular formula is C12H23N2+. The standard InChI is InChI=1S/C12H23N2/c1-4-11(2)10-12(7-8-13)6-5-9-14-3/h4,9,12H,3,5-8,10,13H2,1-2H3/q+1/b11-4+. The summed E-state index contributed by atoms with van der Waals surface area (Å²) in [6.07, 6.45) is 8.52. The smallest absolute Gasteiger partial charge is 0.268 e. The van der Waals surface area contributed by atoms with E-state index in [-0.39, 0.29) is 0 Å². The molecule has 0 aliphatic rings. The normalized spacial score (nSPS) is 13.5. The molecular weight excluding hydrogens is 172 g/mol. The molecule has 14 heavy (non-hydrogen) atoms. The van der Waals surface area contributed by atoms with Crippen LogP contribution < -0.4 is 10.4 Å². The van der Waals surface area contributed by atoms with Crippen molar-refractivity contribution < 1.29 is 0 Å². The van der Waals surface area contributed by atoms with Gasteiger partial charge in [0, 0.05) is 6.42 Å². The van der Waals surface area contributed by atoms with Crippen LogP contribution in [0.4, 0.5) is 0 Å². The average molecular weight is 195 g/mol. The Hall–Kier alpha value is -0.850. The van der Waals surface area contributed by atoms with Gasteiger partial charge in [0.05, 0.1) is 0 Å². The van der Waals surface area contributed by atoms with Gasteiger partial charge in [-0.15, -0.1) is 4.67 Å². The molecule has 0 heterocycles. The second-order valence-corrected chi connectivity index (χ2v) is 3.73. The van der Waals surface area contributed by atoms with Crippen molar-refractivity contribution in [2.75, 3.05) is 6.54 Å². The Morgan fingerprint density at radius 2 is 2.21 bits per heavy atom. The third-order valence-corrected chi connectivity index (χ3v) is 2.51. The first kappa shape index (κ1) is 13.2. The number of hydrogen-bond acceptors (Lipinski definition) is 1. The zero-order valence-electron chi connectivity index (χ0n) is 9.50. The van der Waals surface area contributed by atoms with Gasteiger partial charge in [0.15, 0.2) is 0 Å². The first-order valence-electron chi connectivity index (χ1n) is 5.34. The van der Waals surface area contributed by atoms with Gasteiger partial charge in [-0.1, -0.05) is 11.6 Å². The number of hydrogen-bond donors (Lipinski definition) is 1. The Morgan fingerprint density at radius 3 is 2.71 bits per heavy atom. The van der Waals surface area contributed by atoms with E-state index in [2.05, 4.69) is 31.3 Å². The van der Waals surface area contributed by atoms with E-state index in [1.165, 1.54) is 18.4 Å². The molecule has 0 spiro atoms. The molecule has 0 radical (unpaired) electrons. The van der Waals surface area contributed by atoms with E-state index in [9.17, 15) is 0 Å². The van der Waals surface area contributed by atoms with Crippen LogP contribution in [0.1, 0.15) is 39.5 Å². The van der Waals surface area contributed by atoms with Crippen molar-refractivity contribution in [1.82, 2.24) is 4.67 Å². The summed E-state index contributed by atoms with van der Waals surface area (Å²) >= 11 is 0. The highest BCUT2D eigenvalue weighted by Gasteiger charge is 2.08. The van der Waals surface area contributed by atoms with Crippen LogP contribution in [0.3, 0.4) is 0 Å². The molecule has 0 aliphatic carbocycles. The molecule has 80 valence electrons. The predicted molar refractivity (Wildman–Crippen MR) is 65.8 cm³/mol. The minimum atomic E-state index is 0.703. The van der Waals surface area contributed by atoms with Crippen LogP contribution >= 0.6 is 0 Å². The molecule has 0 rings (SSSR count). The summed E-state index contributed by atoms with van der Waals surface area (Å²) in [6, 6.07) is 0. The maximum atomic E-state index is 5.59. The van der Waals surface area contributed by atoms with Crippen LogP contribution in [0.5, 0.6) is 0 Å². The first-order chi connectivity index (χ1) is 6.74. The third-order valence-electron chi connectivity index (χ3n) is 2.51. The zero-order valence-corrected chi connectivity index (χ0v) is 9.50. The highest BCUT2D eigenvalue weighted by atomic mass is 14.5. The third kappa shape index (κ3) is 6.64. The van der Waals surface area contributed by atoms with Gasteiger partial charge in [-0.3, -0.25) is 0 Å². The van der Waals surface area contributed by atoms with E-state index < -0.39 is 0 Å². The van der Waals surface area contributed by atoms with Gasteiger partial charge in [-0.2, -0.15) is 0 Å². The lowest BCUT2D eigenvalue weighted by Crippen LogP contribution is -2.09. The molecule has 0 aromatic carbocycles. The highest BCUT2D eigenvalue weighted by Crippen LogP contribution is 2.19. The molecule has 2 N–H and O–H groups in total. The van der Waals surface area contributed by atoms with Gasteiger partial charge in [-0.05, 0) is 45.6 Å². The molecule has 2 heteroatoms. The van der Waals surface area contributed by atoms with Crippen molar-refractivity contribution in [2.45, 2.75) is 39.5 Å². The maximum absolute atomic E-state index is 5.59. The van der Waals surface area contributed by atoms with Gasteiger partial charge in [-0.25, -0.2) is 0 Å². The molecule has 0 aromatic heterocycles. The zero-order chi connectivity index (χ0) is 10.8. The Morgan fingerprint density at radius 1 is 1.50 bits per heavy atom. The van der Waals surface area contributed by atoms with Crippen molar-refractivity contribution in [1.29, 1.82) is 0 Å². The Balaban J connectivity index is 3.94. The highest BCUT2D eigenvalue weighted by molar-refractivity contribution is 5.58. The fourth-order valence-corrected chi connectivity index (χ4v) is 1.56. The van der Waals surface area contributed by atoms with Crippen LogP contribution in [-0.4, -0.2) is 19.5 Å². The molecule has 0 aliphatic heterocycles. The van der Waals surface area contributed by atoms with E-state index in [0.29, 0.717) is 5.92 Å². The van der Waals surface area contributed by atoms with Crippen molar-refractivity contribution >= 4 is 12.9 Å². The van der Waals surface area contributed by atoms with Crippen molar-refractivity contribution in [3.05, 3.63) is 11.6 Å². The molecule has 0 aromatic rings. The quantitative estimate of drug-likeness (QED) is 0.376. The Labute approximate surface area is 87.6 Å². The lowest BCUT2D eigenvalue weighted by molar-refractivity contribution is 0.462. The minimum Gasteiger partial charge on any atom is -0.330 e. The van der Waals surface area contributed by atoms with Gasteiger partial charge < -0.3 is 5.73 Å². The van der Waals surface area contributed by atoms with Crippen LogP contribution in [0, 0.1) is 5.92 Å². The molecule has 0 bridgehead atoms. The van der Waals surface area contributed by atoms with Gasteiger partial charge in [0.25, 0.3) is 12.9 Å². The van der Waals surface area contributed by atoms with E-state index in [4.69, 9.17) is 5.73 Å². The fraction of sp³-hybridized carbons (Fsp3) is 0.667. The number of nitrogens with zero attached hydrogens (tertiary/aromatic N) is 1. The Bertz CT molecular complexity index is 212. The minimum absolute atomic E-state index is 0.703. The summed E-state index contributed by atoms with van der Waals surface area (Å²) in [4.78, 5) is 0.